The molecule has 0 spiro atoms. The largest absolute Gasteiger partial charge is 0.323 e. The first-order valence-electron chi connectivity index (χ1n) is 6.15. The van der Waals surface area contributed by atoms with Gasteiger partial charge in [-0.1, -0.05) is 52.0 Å². The van der Waals surface area contributed by atoms with Crippen molar-refractivity contribution < 1.29 is 0 Å². The summed E-state index contributed by atoms with van der Waals surface area (Å²) in [5, 5.41) is 9.01. The van der Waals surface area contributed by atoms with Gasteiger partial charge in [-0.05, 0) is 23.0 Å². The number of benzene rings is 1. The van der Waals surface area contributed by atoms with Crippen LogP contribution >= 0.6 is 0 Å². The predicted molar refractivity (Wildman–Crippen MR) is 71.5 cm³/mol. The zero-order valence-electron chi connectivity index (χ0n) is 11.2. The first-order valence-corrected chi connectivity index (χ1v) is 6.15. The standard InChI is InChI=1S/C15H22N2/c1-5-11(10-16)14(17)12-6-8-13(9-7-12)15(2,3)4/h6-9,11,14H,5,17H2,1-4H3. The number of nitriles is 1. The smallest absolute Gasteiger partial charge is 0.0675 e. The number of hydrogen-bond acceptors (Lipinski definition) is 2. The van der Waals surface area contributed by atoms with Gasteiger partial charge in [0.2, 0.25) is 0 Å². The van der Waals surface area contributed by atoms with Crippen LogP contribution in [0.3, 0.4) is 0 Å². The predicted octanol–water partition coefficient (Wildman–Crippen LogP) is 3.53. The van der Waals surface area contributed by atoms with Gasteiger partial charge in [0.25, 0.3) is 0 Å². The second-order valence-electron chi connectivity index (χ2n) is 5.54. The minimum Gasteiger partial charge on any atom is -0.323 e. The Kier molecular flexibility index (Phi) is 4.31. The van der Waals surface area contributed by atoms with Crippen LogP contribution in [0.1, 0.15) is 51.3 Å². The maximum atomic E-state index is 9.01. The monoisotopic (exact) mass is 230 g/mol. The lowest BCUT2D eigenvalue weighted by Gasteiger charge is -2.21. The zero-order valence-corrected chi connectivity index (χ0v) is 11.2. The Bertz CT molecular complexity index is 392. The molecule has 0 aliphatic rings. The highest BCUT2D eigenvalue weighted by Crippen LogP contribution is 2.26. The third kappa shape index (κ3) is 3.31. The van der Waals surface area contributed by atoms with E-state index in [1.807, 2.05) is 19.1 Å². The van der Waals surface area contributed by atoms with Crippen molar-refractivity contribution in [2.45, 2.75) is 45.6 Å². The van der Waals surface area contributed by atoms with Crippen molar-refractivity contribution in [2.24, 2.45) is 11.7 Å². The normalized spacial score (nSPS) is 15.1. The van der Waals surface area contributed by atoms with E-state index in [1.54, 1.807) is 0 Å². The molecule has 0 aliphatic heterocycles. The van der Waals surface area contributed by atoms with E-state index in [4.69, 9.17) is 11.0 Å². The maximum Gasteiger partial charge on any atom is 0.0675 e. The molecule has 0 radical (unpaired) electrons. The number of rotatable bonds is 3. The van der Waals surface area contributed by atoms with Crippen molar-refractivity contribution in [2.75, 3.05) is 0 Å². The molecule has 0 aliphatic carbocycles. The first-order chi connectivity index (χ1) is 7.90. The maximum absolute atomic E-state index is 9.01. The quantitative estimate of drug-likeness (QED) is 0.863. The Morgan fingerprint density at radius 2 is 1.76 bits per heavy atom. The molecule has 0 fully saturated rings. The Labute approximate surface area is 104 Å². The van der Waals surface area contributed by atoms with Crippen molar-refractivity contribution in [3.63, 3.8) is 0 Å². The molecule has 92 valence electrons. The molecular weight excluding hydrogens is 208 g/mol. The van der Waals surface area contributed by atoms with Gasteiger partial charge in [0.1, 0.15) is 0 Å². The van der Waals surface area contributed by atoms with E-state index < -0.39 is 0 Å². The number of nitrogens with two attached hydrogens (primary N) is 1. The third-order valence-corrected chi connectivity index (χ3v) is 3.20. The summed E-state index contributed by atoms with van der Waals surface area (Å²) in [6, 6.07) is 10.4. The topological polar surface area (TPSA) is 49.8 Å². The molecule has 2 N–H and O–H groups in total. The van der Waals surface area contributed by atoms with Crippen molar-refractivity contribution in [1.82, 2.24) is 0 Å². The highest BCUT2D eigenvalue weighted by molar-refractivity contribution is 5.30. The molecule has 0 aromatic heterocycles. The third-order valence-electron chi connectivity index (χ3n) is 3.20. The Morgan fingerprint density at radius 1 is 1.24 bits per heavy atom. The molecule has 2 heteroatoms. The van der Waals surface area contributed by atoms with Crippen LogP contribution in [0.2, 0.25) is 0 Å². The molecule has 0 saturated heterocycles. The number of nitrogens with zero attached hydrogens (tertiary/aromatic N) is 1. The van der Waals surface area contributed by atoms with Gasteiger partial charge in [-0.3, -0.25) is 0 Å². The fraction of sp³-hybridized carbons (Fsp3) is 0.533. The van der Waals surface area contributed by atoms with E-state index in [-0.39, 0.29) is 17.4 Å². The lowest BCUT2D eigenvalue weighted by molar-refractivity contribution is 0.516. The average molecular weight is 230 g/mol. The van der Waals surface area contributed by atoms with Crippen molar-refractivity contribution in [3.05, 3.63) is 35.4 Å². The van der Waals surface area contributed by atoms with Crippen LogP contribution in [-0.4, -0.2) is 0 Å². The van der Waals surface area contributed by atoms with Gasteiger partial charge in [0, 0.05) is 6.04 Å². The molecule has 1 aromatic rings. The summed E-state index contributed by atoms with van der Waals surface area (Å²) in [7, 11) is 0. The van der Waals surface area contributed by atoms with E-state index in [1.165, 1.54) is 5.56 Å². The van der Waals surface area contributed by atoms with E-state index in [2.05, 4.69) is 39.0 Å². The fourth-order valence-electron chi connectivity index (χ4n) is 1.86. The molecule has 0 heterocycles. The minimum absolute atomic E-state index is 0.101. The van der Waals surface area contributed by atoms with E-state index >= 15 is 0 Å². The molecule has 17 heavy (non-hydrogen) atoms. The van der Waals surface area contributed by atoms with Gasteiger partial charge < -0.3 is 5.73 Å². The van der Waals surface area contributed by atoms with Crippen LogP contribution in [0.5, 0.6) is 0 Å². The first kappa shape index (κ1) is 13.7. The SMILES string of the molecule is CCC(C#N)C(N)c1ccc(C(C)(C)C)cc1. The number of hydrogen-bond donors (Lipinski definition) is 1. The highest BCUT2D eigenvalue weighted by atomic mass is 14.6. The van der Waals surface area contributed by atoms with Crippen molar-refractivity contribution in [1.29, 1.82) is 5.26 Å². The summed E-state index contributed by atoms with van der Waals surface area (Å²) in [6.45, 7) is 8.56. The van der Waals surface area contributed by atoms with E-state index in [0.29, 0.717) is 0 Å². The van der Waals surface area contributed by atoms with E-state index in [0.717, 1.165) is 12.0 Å². The molecule has 0 amide bonds. The van der Waals surface area contributed by atoms with Gasteiger partial charge in [0.15, 0.2) is 0 Å². The van der Waals surface area contributed by atoms with Crippen molar-refractivity contribution >= 4 is 0 Å². The summed E-state index contributed by atoms with van der Waals surface area (Å²) >= 11 is 0. The summed E-state index contributed by atoms with van der Waals surface area (Å²) in [5.41, 5.74) is 8.59. The highest BCUT2D eigenvalue weighted by Gasteiger charge is 2.18. The van der Waals surface area contributed by atoms with Gasteiger partial charge in [-0.25, -0.2) is 0 Å². The fourth-order valence-corrected chi connectivity index (χ4v) is 1.86. The lowest BCUT2D eigenvalue weighted by Crippen LogP contribution is -2.20. The van der Waals surface area contributed by atoms with Crippen LogP contribution in [0, 0.1) is 17.2 Å². The average Bonchev–Trinajstić information content (AvgIpc) is 2.29. The Hall–Kier alpha value is -1.33. The lowest BCUT2D eigenvalue weighted by atomic mass is 9.85. The van der Waals surface area contributed by atoms with Crippen LogP contribution in [-0.2, 0) is 5.41 Å². The summed E-state index contributed by atoms with van der Waals surface area (Å²) in [6.07, 6.45) is 0.790. The molecule has 2 atom stereocenters. The van der Waals surface area contributed by atoms with Crippen LogP contribution in [0.15, 0.2) is 24.3 Å². The second-order valence-corrected chi connectivity index (χ2v) is 5.54. The second kappa shape index (κ2) is 5.33. The molecule has 1 aromatic carbocycles. The molecule has 2 nitrogen and oxygen atoms in total. The molecule has 0 saturated carbocycles. The molecule has 2 unspecified atom stereocenters. The zero-order chi connectivity index (χ0) is 13.1. The minimum atomic E-state index is -0.181. The van der Waals surface area contributed by atoms with Crippen molar-refractivity contribution in [3.8, 4) is 6.07 Å². The molecule has 1 rings (SSSR count). The summed E-state index contributed by atoms with van der Waals surface area (Å²) < 4.78 is 0. The van der Waals surface area contributed by atoms with Gasteiger partial charge >= 0.3 is 0 Å². The Balaban J connectivity index is 2.92. The van der Waals surface area contributed by atoms with Gasteiger partial charge in [-0.2, -0.15) is 5.26 Å². The molecular formula is C15H22N2. The Morgan fingerprint density at radius 3 is 2.12 bits per heavy atom. The van der Waals surface area contributed by atoms with Crippen LogP contribution < -0.4 is 5.73 Å². The van der Waals surface area contributed by atoms with Gasteiger partial charge in [0.05, 0.1) is 12.0 Å². The van der Waals surface area contributed by atoms with E-state index in [9.17, 15) is 0 Å². The van der Waals surface area contributed by atoms with Gasteiger partial charge in [-0.15, -0.1) is 0 Å². The summed E-state index contributed by atoms with van der Waals surface area (Å²) in [4.78, 5) is 0. The molecule has 0 bridgehead atoms. The summed E-state index contributed by atoms with van der Waals surface area (Å²) in [5.74, 6) is -0.101. The van der Waals surface area contributed by atoms with Crippen LogP contribution in [0.25, 0.3) is 0 Å². The van der Waals surface area contributed by atoms with Crippen LogP contribution in [0.4, 0.5) is 0 Å².